The van der Waals surface area contributed by atoms with Gasteiger partial charge in [0.15, 0.2) is 6.29 Å². The number of nitrogens with zero attached hydrogens (tertiary/aromatic N) is 3. The first kappa shape index (κ1) is 19.9. The van der Waals surface area contributed by atoms with Gasteiger partial charge in [-0.2, -0.15) is 5.43 Å². The van der Waals surface area contributed by atoms with Gasteiger partial charge in [-0.1, -0.05) is 36.8 Å². The maximum absolute atomic E-state index is 12.6. The van der Waals surface area contributed by atoms with Crippen molar-refractivity contribution >= 4 is 29.1 Å². The molecular formula is C22H25N5O3. The van der Waals surface area contributed by atoms with Crippen molar-refractivity contribution in [2.24, 2.45) is 0 Å². The summed E-state index contributed by atoms with van der Waals surface area (Å²) in [6, 6.07) is 15.5. The Morgan fingerprint density at radius 3 is 2.33 bits per heavy atom. The molecule has 2 fully saturated rings. The number of hydrazine groups is 1. The van der Waals surface area contributed by atoms with Crippen LogP contribution in [0.15, 0.2) is 48.5 Å². The zero-order valence-electron chi connectivity index (χ0n) is 17.1. The third-order valence-corrected chi connectivity index (χ3v) is 5.45. The van der Waals surface area contributed by atoms with Crippen LogP contribution in [-0.4, -0.2) is 53.6 Å². The Bertz CT molecular complexity index is 958. The summed E-state index contributed by atoms with van der Waals surface area (Å²) in [7, 11) is 0. The second kappa shape index (κ2) is 8.16. The summed E-state index contributed by atoms with van der Waals surface area (Å²) < 4.78 is 0. The van der Waals surface area contributed by atoms with Crippen LogP contribution in [0.5, 0.6) is 0 Å². The van der Waals surface area contributed by atoms with Crippen molar-refractivity contribution in [1.29, 1.82) is 0 Å². The predicted octanol–water partition coefficient (Wildman–Crippen LogP) is 1.48. The monoisotopic (exact) mass is 407 g/mol. The predicted molar refractivity (Wildman–Crippen MR) is 113 cm³/mol. The van der Waals surface area contributed by atoms with Gasteiger partial charge in [0.25, 0.3) is 0 Å². The summed E-state index contributed by atoms with van der Waals surface area (Å²) in [5, 5.41) is 3.88. The Labute approximate surface area is 175 Å². The maximum atomic E-state index is 12.6. The second-order valence-electron chi connectivity index (χ2n) is 7.52. The summed E-state index contributed by atoms with van der Waals surface area (Å²) in [6.07, 6.45) is 0.410. The Morgan fingerprint density at radius 2 is 1.67 bits per heavy atom. The molecule has 2 aliphatic rings. The Balaban J connectivity index is 1.45. The molecule has 0 bridgehead atoms. The fraction of sp³-hybridized carbons (Fsp3) is 0.318. The fourth-order valence-corrected chi connectivity index (χ4v) is 3.71. The molecule has 8 nitrogen and oxygen atoms in total. The minimum Gasteiger partial charge on any atom is -0.336 e. The number of nitrogens with one attached hydrogen (secondary N) is 2. The van der Waals surface area contributed by atoms with Crippen LogP contribution in [0.25, 0.3) is 0 Å². The van der Waals surface area contributed by atoms with E-state index >= 15 is 0 Å². The largest absolute Gasteiger partial charge is 0.336 e. The number of anilines is 2. The van der Waals surface area contributed by atoms with Crippen molar-refractivity contribution in [3.8, 4) is 0 Å². The molecule has 0 spiro atoms. The molecule has 0 aliphatic carbocycles. The van der Waals surface area contributed by atoms with E-state index in [0.717, 1.165) is 22.7 Å². The zero-order chi connectivity index (χ0) is 21.3. The number of hydrogen-bond acceptors (Lipinski definition) is 5. The van der Waals surface area contributed by atoms with Crippen molar-refractivity contribution in [3.05, 3.63) is 59.7 Å². The van der Waals surface area contributed by atoms with E-state index < -0.39 is 18.1 Å². The SMILES string of the molecule is CCc1ccc(NC(=O)CN2NC3N(CCN3c3ccc(C)cc3)C(=O)C2=O)cc1. The molecule has 0 saturated carbocycles. The quantitative estimate of drug-likeness (QED) is 0.734. The average molecular weight is 407 g/mol. The molecule has 0 radical (unpaired) electrons. The Hall–Kier alpha value is -3.39. The van der Waals surface area contributed by atoms with Gasteiger partial charge in [0.05, 0.1) is 0 Å². The molecule has 1 unspecified atom stereocenters. The van der Waals surface area contributed by atoms with Crippen LogP contribution in [0, 0.1) is 6.92 Å². The van der Waals surface area contributed by atoms with Crippen LogP contribution < -0.4 is 15.6 Å². The van der Waals surface area contributed by atoms with Gasteiger partial charge < -0.3 is 10.2 Å². The first-order valence-corrected chi connectivity index (χ1v) is 10.1. The van der Waals surface area contributed by atoms with Crippen LogP contribution in [0.3, 0.4) is 0 Å². The average Bonchev–Trinajstić information content (AvgIpc) is 3.17. The van der Waals surface area contributed by atoms with E-state index in [9.17, 15) is 14.4 Å². The molecule has 3 amide bonds. The number of amides is 3. The molecule has 30 heavy (non-hydrogen) atoms. The van der Waals surface area contributed by atoms with E-state index in [0.29, 0.717) is 18.8 Å². The van der Waals surface area contributed by atoms with Crippen LogP contribution in [0.2, 0.25) is 0 Å². The van der Waals surface area contributed by atoms with Gasteiger partial charge in [0.2, 0.25) is 5.91 Å². The van der Waals surface area contributed by atoms with Crippen molar-refractivity contribution in [3.63, 3.8) is 0 Å². The van der Waals surface area contributed by atoms with E-state index in [2.05, 4.69) is 17.7 Å². The Morgan fingerprint density at radius 1 is 1.00 bits per heavy atom. The van der Waals surface area contributed by atoms with Crippen molar-refractivity contribution in [2.45, 2.75) is 26.6 Å². The number of fused-ring (bicyclic) bond motifs is 1. The molecule has 4 rings (SSSR count). The molecule has 2 aliphatic heterocycles. The van der Waals surface area contributed by atoms with Crippen LogP contribution in [0.4, 0.5) is 11.4 Å². The molecular weight excluding hydrogens is 382 g/mol. The molecule has 156 valence electrons. The van der Waals surface area contributed by atoms with Gasteiger partial charge in [0.1, 0.15) is 6.54 Å². The molecule has 2 aromatic carbocycles. The van der Waals surface area contributed by atoms with E-state index in [1.54, 1.807) is 0 Å². The highest BCUT2D eigenvalue weighted by Crippen LogP contribution is 2.25. The van der Waals surface area contributed by atoms with Crippen molar-refractivity contribution < 1.29 is 14.4 Å². The lowest BCUT2D eigenvalue weighted by atomic mass is 10.1. The van der Waals surface area contributed by atoms with Crippen LogP contribution >= 0.6 is 0 Å². The third kappa shape index (κ3) is 3.86. The van der Waals surface area contributed by atoms with E-state index in [-0.39, 0.29) is 12.5 Å². The van der Waals surface area contributed by atoms with Gasteiger partial charge in [0, 0.05) is 24.5 Å². The molecule has 0 aromatic heterocycles. The lowest BCUT2D eigenvalue weighted by Crippen LogP contribution is -2.68. The van der Waals surface area contributed by atoms with Crippen LogP contribution in [0.1, 0.15) is 18.1 Å². The maximum Gasteiger partial charge on any atom is 0.326 e. The molecule has 2 heterocycles. The number of rotatable bonds is 5. The van der Waals surface area contributed by atoms with Crippen molar-refractivity contribution in [2.75, 3.05) is 29.9 Å². The number of aryl methyl sites for hydroxylation is 2. The highest BCUT2D eigenvalue weighted by molar-refractivity contribution is 6.35. The summed E-state index contributed by atoms with van der Waals surface area (Å²) in [5.41, 5.74) is 6.96. The molecule has 2 aromatic rings. The Kier molecular flexibility index (Phi) is 5.41. The van der Waals surface area contributed by atoms with E-state index in [4.69, 9.17) is 0 Å². The zero-order valence-corrected chi connectivity index (χ0v) is 17.1. The first-order chi connectivity index (χ1) is 14.5. The number of carbonyl (C=O) groups is 3. The standard InChI is InChI=1S/C22H25N5O3/c1-3-16-6-8-17(9-7-16)23-19(28)14-27-21(30)20(29)26-13-12-25(22(26)24-27)18-10-4-15(2)5-11-18/h4-11,22,24H,3,12-14H2,1-2H3,(H,23,28). The highest BCUT2D eigenvalue weighted by atomic mass is 16.2. The minimum atomic E-state index is -0.728. The summed E-state index contributed by atoms with van der Waals surface area (Å²) in [5.74, 6) is -1.71. The number of carbonyl (C=O) groups excluding carboxylic acids is 3. The van der Waals surface area contributed by atoms with Gasteiger partial charge >= 0.3 is 11.8 Å². The number of hydrogen-bond donors (Lipinski definition) is 2. The molecule has 8 heteroatoms. The van der Waals surface area contributed by atoms with Gasteiger partial charge in [-0.05, 0) is 43.2 Å². The highest BCUT2D eigenvalue weighted by Gasteiger charge is 2.45. The summed E-state index contributed by atoms with van der Waals surface area (Å²) >= 11 is 0. The van der Waals surface area contributed by atoms with Gasteiger partial charge in [-0.3, -0.25) is 24.3 Å². The summed E-state index contributed by atoms with van der Waals surface area (Å²) in [6.45, 7) is 4.86. The second-order valence-corrected chi connectivity index (χ2v) is 7.52. The molecule has 1 atom stereocenters. The number of benzene rings is 2. The molecule has 2 N–H and O–H groups in total. The van der Waals surface area contributed by atoms with Crippen LogP contribution in [-0.2, 0) is 20.8 Å². The van der Waals surface area contributed by atoms with Crippen molar-refractivity contribution in [1.82, 2.24) is 15.3 Å². The topological polar surface area (TPSA) is 85.0 Å². The summed E-state index contributed by atoms with van der Waals surface area (Å²) in [4.78, 5) is 41.1. The fourth-order valence-electron chi connectivity index (χ4n) is 3.71. The smallest absolute Gasteiger partial charge is 0.326 e. The van der Waals surface area contributed by atoms with E-state index in [1.807, 2.05) is 60.4 Å². The molecule has 2 saturated heterocycles. The van der Waals surface area contributed by atoms with E-state index in [1.165, 1.54) is 10.5 Å². The normalized spacial score (nSPS) is 18.6. The third-order valence-electron chi connectivity index (χ3n) is 5.45. The minimum absolute atomic E-state index is 0.258. The lowest BCUT2D eigenvalue weighted by molar-refractivity contribution is -0.163. The van der Waals surface area contributed by atoms with Gasteiger partial charge in [-0.15, -0.1) is 0 Å². The lowest BCUT2D eigenvalue weighted by Gasteiger charge is -2.40. The van der Waals surface area contributed by atoms with Gasteiger partial charge in [-0.25, -0.2) is 0 Å². The first-order valence-electron chi connectivity index (χ1n) is 10.1.